The number of likely N-dealkylation sites (tertiary alicyclic amines) is 1. The van der Waals surface area contributed by atoms with E-state index in [4.69, 9.17) is 0 Å². The van der Waals surface area contributed by atoms with Crippen LogP contribution in [0.4, 0.5) is 9.18 Å². The van der Waals surface area contributed by atoms with Gasteiger partial charge in [-0.2, -0.15) is 0 Å². The van der Waals surface area contributed by atoms with Gasteiger partial charge in [0.25, 0.3) is 5.91 Å². The monoisotopic (exact) mass is 463 g/mol. The second-order valence-corrected chi connectivity index (χ2v) is 8.37. The number of halogens is 1. The summed E-state index contributed by atoms with van der Waals surface area (Å²) in [7, 11) is 0. The molecule has 0 bridgehead atoms. The summed E-state index contributed by atoms with van der Waals surface area (Å²) in [5.74, 6) is -3.42. The number of amides is 2. The van der Waals surface area contributed by atoms with Crippen molar-refractivity contribution in [3.8, 4) is 5.69 Å². The van der Waals surface area contributed by atoms with Crippen LogP contribution in [-0.4, -0.2) is 83.8 Å². The van der Waals surface area contributed by atoms with E-state index in [-0.39, 0.29) is 49.0 Å². The molecule has 1 aromatic carbocycles. The van der Waals surface area contributed by atoms with Crippen LogP contribution in [0.3, 0.4) is 0 Å². The van der Waals surface area contributed by atoms with Gasteiger partial charge in [0.15, 0.2) is 5.69 Å². The Kier molecular flexibility index (Phi) is 7.26. The summed E-state index contributed by atoms with van der Waals surface area (Å²) in [6, 6.07) is 4.96. The molecule has 3 N–H and O–H groups in total. The van der Waals surface area contributed by atoms with Crippen molar-refractivity contribution < 1.29 is 34.1 Å². The van der Waals surface area contributed by atoms with Crippen molar-refractivity contribution in [2.24, 2.45) is 11.8 Å². The molecule has 33 heavy (non-hydrogen) atoms. The molecule has 2 atom stereocenters. The maximum Gasteiger partial charge on any atom is 0.407 e. The lowest BCUT2D eigenvalue weighted by Crippen LogP contribution is -2.56. The molecule has 11 nitrogen and oxygen atoms in total. The van der Waals surface area contributed by atoms with Crippen molar-refractivity contribution in [1.82, 2.24) is 24.8 Å². The van der Waals surface area contributed by atoms with Gasteiger partial charge in [0.2, 0.25) is 0 Å². The molecule has 3 rings (SSSR count). The highest BCUT2D eigenvalue weighted by Crippen LogP contribution is 2.25. The van der Waals surface area contributed by atoms with Crippen LogP contribution in [0, 0.1) is 17.7 Å². The highest BCUT2D eigenvalue weighted by molar-refractivity contribution is 5.93. The summed E-state index contributed by atoms with van der Waals surface area (Å²) in [5.41, 5.74) is -0.232. The van der Waals surface area contributed by atoms with E-state index in [1.165, 1.54) is 23.1 Å². The van der Waals surface area contributed by atoms with Crippen molar-refractivity contribution in [2.45, 2.75) is 32.9 Å². The van der Waals surface area contributed by atoms with Crippen molar-refractivity contribution in [3.05, 3.63) is 41.5 Å². The largest absolute Gasteiger partial charge is 0.481 e. The molecule has 1 aromatic heterocycles. The molecule has 2 aromatic rings. The summed E-state index contributed by atoms with van der Waals surface area (Å²) >= 11 is 0. The fourth-order valence-corrected chi connectivity index (χ4v) is 3.99. The predicted octanol–water partition coefficient (Wildman–Crippen LogP) is 1.45. The third-order valence-electron chi connectivity index (χ3n) is 5.51. The maximum atomic E-state index is 14.3. The molecular weight excluding hydrogens is 437 g/mol. The Morgan fingerprint density at radius 2 is 1.91 bits per heavy atom. The Bertz CT molecular complexity index is 1020. The van der Waals surface area contributed by atoms with Crippen LogP contribution in [0.15, 0.2) is 24.3 Å². The van der Waals surface area contributed by atoms with E-state index in [9.17, 15) is 34.1 Å². The Balaban J connectivity index is 2.00. The molecule has 0 unspecified atom stereocenters. The molecule has 0 aliphatic carbocycles. The van der Waals surface area contributed by atoms with E-state index < -0.39 is 42.4 Å². The molecule has 178 valence electrons. The average Bonchev–Trinajstić information content (AvgIpc) is 3.20. The van der Waals surface area contributed by atoms with Crippen molar-refractivity contribution in [2.75, 3.05) is 19.6 Å². The second kappa shape index (κ2) is 9.94. The van der Waals surface area contributed by atoms with Gasteiger partial charge in [-0.3, -0.25) is 9.59 Å². The van der Waals surface area contributed by atoms with Crippen LogP contribution in [0.5, 0.6) is 0 Å². The van der Waals surface area contributed by atoms with Crippen LogP contribution in [0.25, 0.3) is 5.69 Å². The van der Waals surface area contributed by atoms with Gasteiger partial charge < -0.3 is 25.1 Å². The normalized spacial score (nSPS) is 18.4. The Morgan fingerprint density at radius 3 is 2.48 bits per heavy atom. The first-order valence-electron chi connectivity index (χ1n) is 10.5. The number of carboxylic acids is 1. The van der Waals surface area contributed by atoms with Gasteiger partial charge in [-0.15, -0.1) is 5.10 Å². The highest BCUT2D eigenvalue weighted by atomic mass is 19.1. The van der Waals surface area contributed by atoms with E-state index in [1.807, 2.05) is 13.8 Å². The number of aliphatic carboxylic acids is 1. The number of piperidine rings is 1. The summed E-state index contributed by atoms with van der Waals surface area (Å²) in [6.07, 6.45) is -1.21. The lowest BCUT2D eigenvalue weighted by atomic mass is 9.92. The van der Waals surface area contributed by atoms with Crippen molar-refractivity contribution in [3.63, 3.8) is 0 Å². The molecule has 12 heteroatoms. The van der Waals surface area contributed by atoms with Gasteiger partial charge in [-0.1, -0.05) is 31.2 Å². The number of aliphatic hydroxyl groups is 1. The van der Waals surface area contributed by atoms with E-state index in [1.54, 1.807) is 6.07 Å². The van der Waals surface area contributed by atoms with Crippen molar-refractivity contribution in [1.29, 1.82) is 0 Å². The standard InChI is InChI=1S/C21H26FN5O6/c1-12(2)8-26(14-7-13(20(30)31)9-25(10-14)21(32)33)19(29)18-17(11-28)27(24-23-18)16-6-4-3-5-15(16)22/h3-6,12-14,28H,7-11H2,1-2H3,(H,30,31)(H,32,33)/t13-,14+/m1/s1. The van der Waals surface area contributed by atoms with Crippen LogP contribution in [0.1, 0.15) is 36.5 Å². The number of hydrogen-bond acceptors (Lipinski definition) is 6. The maximum absolute atomic E-state index is 14.3. The van der Waals surface area contributed by atoms with Gasteiger partial charge in [-0.25, -0.2) is 13.9 Å². The summed E-state index contributed by atoms with van der Waals surface area (Å²) in [6.45, 7) is 3.03. The third kappa shape index (κ3) is 5.11. The van der Waals surface area contributed by atoms with Crippen LogP contribution < -0.4 is 0 Å². The van der Waals surface area contributed by atoms with Crippen molar-refractivity contribution >= 4 is 18.0 Å². The lowest BCUT2D eigenvalue weighted by molar-refractivity contribution is -0.144. The zero-order chi connectivity index (χ0) is 24.3. The van der Waals surface area contributed by atoms with Gasteiger partial charge in [0.1, 0.15) is 17.2 Å². The van der Waals surface area contributed by atoms with Crippen LogP contribution in [0.2, 0.25) is 0 Å². The quantitative estimate of drug-likeness (QED) is 0.559. The number of benzene rings is 1. The summed E-state index contributed by atoms with van der Waals surface area (Å²) < 4.78 is 15.3. The number of carbonyl (C=O) groups is 3. The molecule has 0 spiro atoms. The van der Waals surface area contributed by atoms with Gasteiger partial charge in [-0.05, 0) is 24.5 Å². The first kappa shape index (κ1) is 24.1. The molecule has 1 aliphatic rings. The number of carbonyl (C=O) groups excluding carboxylic acids is 1. The highest BCUT2D eigenvalue weighted by Gasteiger charge is 2.39. The molecular formula is C21H26FN5O6. The summed E-state index contributed by atoms with van der Waals surface area (Å²) in [5, 5.41) is 36.6. The smallest absolute Gasteiger partial charge is 0.407 e. The molecule has 2 amide bonds. The van der Waals surface area contributed by atoms with E-state index >= 15 is 0 Å². The fraction of sp³-hybridized carbons (Fsp3) is 0.476. The van der Waals surface area contributed by atoms with Gasteiger partial charge in [0.05, 0.1) is 18.6 Å². The summed E-state index contributed by atoms with van der Waals surface area (Å²) in [4.78, 5) is 39.1. The molecule has 0 radical (unpaired) electrons. The van der Waals surface area contributed by atoms with Crippen LogP contribution in [-0.2, 0) is 11.4 Å². The van der Waals surface area contributed by atoms with E-state index in [0.29, 0.717) is 0 Å². The minimum atomic E-state index is -1.27. The van der Waals surface area contributed by atoms with E-state index in [0.717, 1.165) is 9.58 Å². The predicted molar refractivity (Wildman–Crippen MR) is 112 cm³/mol. The second-order valence-electron chi connectivity index (χ2n) is 8.37. The van der Waals surface area contributed by atoms with Gasteiger partial charge in [0, 0.05) is 19.6 Å². The number of aliphatic hydroxyl groups excluding tert-OH is 1. The number of rotatable bonds is 7. The third-order valence-corrected chi connectivity index (χ3v) is 5.51. The Labute approximate surface area is 189 Å². The topological polar surface area (TPSA) is 149 Å². The molecule has 1 aliphatic heterocycles. The fourth-order valence-electron chi connectivity index (χ4n) is 3.99. The number of hydrogen-bond donors (Lipinski definition) is 3. The number of nitrogens with zero attached hydrogens (tertiary/aromatic N) is 5. The molecule has 1 saturated heterocycles. The van der Waals surface area contributed by atoms with Gasteiger partial charge >= 0.3 is 12.1 Å². The minimum absolute atomic E-state index is 0.00386. The minimum Gasteiger partial charge on any atom is -0.481 e. The Hall–Kier alpha value is -3.54. The number of aromatic nitrogens is 3. The first-order valence-corrected chi connectivity index (χ1v) is 10.5. The van der Waals surface area contributed by atoms with Crippen LogP contribution >= 0.6 is 0 Å². The number of para-hydroxylation sites is 1. The molecule has 2 heterocycles. The first-order chi connectivity index (χ1) is 15.6. The van der Waals surface area contributed by atoms with E-state index in [2.05, 4.69) is 10.3 Å². The number of carboxylic acid groups (broad SMARTS) is 2. The zero-order valence-corrected chi connectivity index (χ0v) is 18.3. The Morgan fingerprint density at radius 1 is 1.21 bits per heavy atom. The lowest BCUT2D eigenvalue weighted by Gasteiger charge is -2.41. The molecule has 0 saturated carbocycles. The molecule has 1 fully saturated rings. The SMILES string of the molecule is CC(C)CN(C(=O)c1nnn(-c2ccccc2F)c1CO)[C@H]1C[C@@H](C(=O)O)CN(C(=O)O)C1. The average molecular weight is 463 g/mol. The zero-order valence-electron chi connectivity index (χ0n) is 18.3.